The van der Waals surface area contributed by atoms with Crippen molar-refractivity contribution in [2.75, 3.05) is 18.4 Å². The zero-order valence-electron chi connectivity index (χ0n) is 11.6. The highest BCUT2D eigenvalue weighted by molar-refractivity contribution is 7.11. The smallest absolute Gasteiger partial charge is 0.269 e. The third kappa shape index (κ3) is 5.71. The number of benzene rings is 1. The Morgan fingerprint density at radius 3 is 2.43 bits per heavy atom. The predicted octanol–water partition coefficient (Wildman–Crippen LogP) is 0.170. The lowest BCUT2D eigenvalue weighted by molar-refractivity contribution is -0.384. The molecule has 0 saturated carbocycles. The fourth-order valence-corrected chi connectivity index (χ4v) is 2.65. The van der Waals surface area contributed by atoms with E-state index < -0.39 is 4.92 Å². The van der Waals surface area contributed by atoms with Crippen molar-refractivity contribution in [1.29, 1.82) is 0 Å². The number of nitrogens with one attached hydrogen (secondary N) is 2. The van der Waals surface area contributed by atoms with Crippen LogP contribution in [0.3, 0.4) is 0 Å². The lowest BCUT2D eigenvalue weighted by atomic mass is 10.3. The summed E-state index contributed by atoms with van der Waals surface area (Å²) in [6.07, 6.45) is 0. The lowest BCUT2D eigenvalue weighted by Gasteiger charge is -2.07. The van der Waals surface area contributed by atoms with Crippen molar-refractivity contribution in [2.45, 2.75) is 13.5 Å². The first-order chi connectivity index (χ1) is 9.65. The van der Waals surface area contributed by atoms with Crippen molar-refractivity contribution < 1.29 is 17.3 Å². The van der Waals surface area contributed by atoms with Gasteiger partial charge < -0.3 is 23.0 Å². The molecule has 0 unspecified atom stereocenters. The molecular weight excluding hydrogens is 310 g/mol. The zero-order valence-corrected chi connectivity index (χ0v) is 13.2. The number of nitro groups is 1. The molecule has 0 radical (unpaired) electrons. The Labute approximate surface area is 133 Å². The number of aryl methyl sites for hydroxylation is 1. The molecule has 2 rings (SSSR count). The molecule has 1 aromatic heterocycles. The van der Waals surface area contributed by atoms with Crippen LogP contribution in [0.2, 0.25) is 0 Å². The van der Waals surface area contributed by atoms with Crippen LogP contribution in [0.5, 0.6) is 0 Å². The number of halogens is 1. The topological polar surface area (TPSA) is 67.2 Å². The molecule has 5 nitrogen and oxygen atoms in total. The molecule has 0 saturated heterocycles. The minimum Gasteiger partial charge on any atom is -1.00 e. The van der Waals surface area contributed by atoms with E-state index in [0.29, 0.717) is 0 Å². The Balaban J connectivity index is 0.00000220. The normalized spacial score (nSPS) is 9.95. The predicted molar refractivity (Wildman–Crippen MR) is 82.3 cm³/mol. The van der Waals surface area contributed by atoms with E-state index in [4.69, 9.17) is 0 Å². The van der Waals surface area contributed by atoms with Gasteiger partial charge in [-0.3, -0.25) is 10.1 Å². The first kappa shape index (κ1) is 17.4. The van der Waals surface area contributed by atoms with Crippen molar-refractivity contribution in [3.8, 4) is 0 Å². The van der Waals surface area contributed by atoms with Gasteiger partial charge in [-0.25, -0.2) is 0 Å². The molecule has 114 valence electrons. The van der Waals surface area contributed by atoms with E-state index in [9.17, 15) is 10.1 Å². The minimum absolute atomic E-state index is 0. The monoisotopic (exact) mass is 326 g/mol. The molecule has 0 bridgehead atoms. The molecular formula is C14H17ClN3O2S-. The van der Waals surface area contributed by atoms with E-state index in [1.807, 2.05) is 0 Å². The van der Waals surface area contributed by atoms with Gasteiger partial charge in [0.15, 0.2) is 0 Å². The van der Waals surface area contributed by atoms with Crippen molar-refractivity contribution >= 4 is 22.7 Å². The zero-order chi connectivity index (χ0) is 14.4. The largest absolute Gasteiger partial charge is 1.00 e. The van der Waals surface area contributed by atoms with E-state index in [1.165, 1.54) is 21.9 Å². The maximum absolute atomic E-state index is 10.5. The summed E-state index contributed by atoms with van der Waals surface area (Å²) in [6, 6.07) is 10.7. The molecule has 0 amide bonds. The molecule has 0 aliphatic rings. The summed E-state index contributed by atoms with van der Waals surface area (Å²) in [5.74, 6) is 0. The van der Waals surface area contributed by atoms with Crippen LogP contribution < -0.4 is 23.0 Å². The van der Waals surface area contributed by atoms with Crippen LogP contribution in [-0.2, 0) is 6.54 Å². The molecule has 2 aromatic rings. The molecule has 1 heterocycles. The van der Waals surface area contributed by atoms with E-state index in [2.05, 4.69) is 29.7 Å². The highest BCUT2D eigenvalue weighted by Crippen LogP contribution is 2.15. The van der Waals surface area contributed by atoms with Gasteiger partial charge in [0.1, 0.15) is 0 Å². The fourth-order valence-electron chi connectivity index (χ4n) is 1.79. The number of thiophene rings is 1. The Morgan fingerprint density at radius 2 is 1.86 bits per heavy atom. The number of hydrogen-bond donors (Lipinski definition) is 2. The van der Waals surface area contributed by atoms with Crippen LogP contribution in [0.15, 0.2) is 36.4 Å². The van der Waals surface area contributed by atoms with Gasteiger partial charge >= 0.3 is 0 Å². The van der Waals surface area contributed by atoms with Gasteiger partial charge in [0.2, 0.25) is 0 Å². The molecule has 2 N–H and O–H groups in total. The highest BCUT2D eigenvalue weighted by Gasteiger charge is 2.03. The molecule has 0 fully saturated rings. The molecule has 1 aromatic carbocycles. The van der Waals surface area contributed by atoms with Crippen molar-refractivity contribution in [2.24, 2.45) is 0 Å². The average Bonchev–Trinajstić information content (AvgIpc) is 2.84. The number of hydrogen-bond acceptors (Lipinski definition) is 5. The van der Waals surface area contributed by atoms with Gasteiger partial charge in [0.05, 0.1) is 4.92 Å². The Morgan fingerprint density at radius 1 is 1.14 bits per heavy atom. The maximum Gasteiger partial charge on any atom is 0.269 e. The second kappa shape index (κ2) is 8.61. The minimum atomic E-state index is -0.394. The summed E-state index contributed by atoms with van der Waals surface area (Å²) in [4.78, 5) is 12.8. The first-order valence-corrected chi connectivity index (χ1v) is 7.21. The van der Waals surface area contributed by atoms with E-state index in [1.54, 1.807) is 23.5 Å². The summed E-state index contributed by atoms with van der Waals surface area (Å²) in [5.41, 5.74) is 1.01. The van der Waals surface area contributed by atoms with Crippen LogP contribution >= 0.6 is 11.3 Å². The molecule has 0 aliphatic carbocycles. The Kier molecular flexibility index (Phi) is 7.14. The van der Waals surface area contributed by atoms with Gasteiger partial charge in [-0.15, -0.1) is 11.3 Å². The summed E-state index contributed by atoms with van der Waals surface area (Å²) < 4.78 is 0. The molecule has 0 atom stereocenters. The SMILES string of the molecule is Cc1ccc(CNCCNc2ccc([N+](=O)[O-])cc2)s1.[Cl-]. The van der Waals surface area contributed by atoms with Gasteiger partial charge in [-0.2, -0.15) is 0 Å². The third-order valence-corrected chi connectivity index (χ3v) is 3.80. The van der Waals surface area contributed by atoms with E-state index >= 15 is 0 Å². The maximum atomic E-state index is 10.5. The Hall–Kier alpha value is -1.63. The number of non-ortho nitro benzene ring substituents is 1. The number of nitrogens with zero attached hydrogens (tertiary/aromatic N) is 1. The fraction of sp³-hybridized carbons (Fsp3) is 0.286. The van der Waals surface area contributed by atoms with Crippen molar-refractivity contribution in [1.82, 2.24) is 5.32 Å². The quantitative estimate of drug-likeness (QED) is 0.432. The molecule has 0 spiro atoms. The first-order valence-electron chi connectivity index (χ1n) is 6.39. The van der Waals surface area contributed by atoms with Crippen molar-refractivity contribution in [3.63, 3.8) is 0 Å². The summed E-state index contributed by atoms with van der Waals surface area (Å²) >= 11 is 1.80. The summed E-state index contributed by atoms with van der Waals surface area (Å²) in [5, 5.41) is 17.1. The van der Waals surface area contributed by atoms with Crippen molar-refractivity contribution in [3.05, 3.63) is 56.3 Å². The van der Waals surface area contributed by atoms with Crippen LogP contribution in [0, 0.1) is 17.0 Å². The van der Waals surface area contributed by atoms with E-state index in [0.717, 1.165) is 25.3 Å². The number of anilines is 1. The molecule has 21 heavy (non-hydrogen) atoms. The van der Waals surface area contributed by atoms with Gasteiger partial charge in [0, 0.05) is 47.2 Å². The van der Waals surface area contributed by atoms with Crippen LogP contribution in [0.1, 0.15) is 9.75 Å². The standard InChI is InChI=1S/C14H17N3O2S.ClH/c1-11-2-7-14(20-11)10-15-8-9-16-12-3-5-13(6-4-12)17(18)19;/h2-7,15-16H,8-10H2,1H3;1H/p-1. The van der Waals surface area contributed by atoms with Crippen LogP contribution in [-0.4, -0.2) is 18.0 Å². The second-order valence-corrected chi connectivity index (χ2v) is 5.79. The van der Waals surface area contributed by atoms with Crippen LogP contribution in [0.4, 0.5) is 11.4 Å². The summed E-state index contributed by atoms with van der Waals surface area (Å²) in [6.45, 7) is 4.60. The van der Waals surface area contributed by atoms with E-state index in [-0.39, 0.29) is 18.1 Å². The third-order valence-electron chi connectivity index (χ3n) is 2.80. The molecule has 7 heteroatoms. The lowest BCUT2D eigenvalue weighted by Crippen LogP contribution is -3.00. The van der Waals surface area contributed by atoms with Crippen LogP contribution in [0.25, 0.3) is 0 Å². The summed E-state index contributed by atoms with van der Waals surface area (Å²) in [7, 11) is 0. The highest BCUT2D eigenvalue weighted by atomic mass is 35.5. The number of rotatable bonds is 7. The molecule has 0 aliphatic heterocycles. The number of nitro benzene ring substituents is 1. The Bertz CT molecular complexity index is 572. The second-order valence-electron chi connectivity index (χ2n) is 4.42. The van der Waals surface area contributed by atoms with Gasteiger partial charge in [0.25, 0.3) is 5.69 Å². The van der Waals surface area contributed by atoms with Gasteiger partial charge in [-0.1, -0.05) is 0 Å². The average molecular weight is 327 g/mol. The van der Waals surface area contributed by atoms with Gasteiger partial charge in [-0.05, 0) is 31.2 Å².